The number of aromatic nitrogens is 2. The number of amides is 1. The third-order valence-electron chi connectivity index (χ3n) is 5.33. The Morgan fingerprint density at radius 3 is 2.89 bits per heavy atom. The molecule has 144 valence electrons. The van der Waals surface area contributed by atoms with Crippen molar-refractivity contribution in [2.24, 2.45) is 0 Å². The molecule has 2 aromatic rings. The standard InChI is InChI=1S/C19H22ClFN4O2/c1-19(27)4-5-24(12-19)16-10-22-25-7-6-23(11-17(16)25)18(26)9-13-2-3-15(21)14(20)8-13/h2-3,8,10,27H,4-7,9,11-12H2,1H3. The normalized spacial score (nSPS) is 22.2. The fourth-order valence-electron chi connectivity index (χ4n) is 3.80. The van der Waals surface area contributed by atoms with Gasteiger partial charge in [-0.05, 0) is 31.0 Å². The smallest absolute Gasteiger partial charge is 0.227 e. The number of rotatable bonds is 3. The Labute approximate surface area is 162 Å². The predicted molar refractivity (Wildman–Crippen MR) is 100 cm³/mol. The van der Waals surface area contributed by atoms with Gasteiger partial charge in [-0.1, -0.05) is 17.7 Å². The Morgan fingerprint density at radius 2 is 2.19 bits per heavy atom. The zero-order valence-electron chi connectivity index (χ0n) is 15.2. The van der Waals surface area contributed by atoms with Gasteiger partial charge in [-0.15, -0.1) is 0 Å². The fraction of sp³-hybridized carbons (Fsp3) is 0.474. The number of benzene rings is 1. The summed E-state index contributed by atoms with van der Waals surface area (Å²) in [5.74, 6) is -0.509. The van der Waals surface area contributed by atoms with Crippen molar-refractivity contribution in [3.05, 3.63) is 46.5 Å². The molecule has 1 atom stereocenters. The molecule has 0 spiro atoms. The van der Waals surface area contributed by atoms with E-state index >= 15 is 0 Å². The minimum absolute atomic E-state index is 0.0236. The van der Waals surface area contributed by atoms with Crippen LogP contribution in [-0.4, -0.2) is 50.9 Å². The lowest BCUT2D eigenvalue weighted by Gasteiger charge is -2.30. The highest BCUT2D eigenvalue weighted by molar-refractivity contribution is 6.30. The molecule has 6 nitrogen and oxygen atoms in total. The van der Waals surface area contributed by atoms with Crippen molar-refractivity contribution in [3.63, 3.8) is 0 Å². The molecule has 0 aliphatic carbocycles. The molecule has 2 aliphatic rings. The predicted octanol–water partition coefficient (Wildman–Crippen LogP) is 2.22. The second kappa shape index (κ2) is 6.80. The van der Waals surface area contributed by atoms with Crippen LogP contribution in [0.2, 0.25) is 5.02 Å². The topological polar surface area (TPSA) is 61.6 Å². The molecule has 2 aliphatic heterocycles. The monoisotopic (exact) mass is 392 g/mol. The summed E-state index contributed by atoms with van der Waals surface area (Å²) in [7, 11) is 0. The van der Waals surface area contributed by atoms with Crippen molar-refractivity contribution in [2.75, 3.05) is 24.5 Å². The van der Waals surface area contributed by atoms with Crippen LogP contribution in [0.15, 0.2) is 24.4 Å². The summed E-state index contributed by atoms with van der Waals surface area (Å²) in [6, 6.07) is 4.37. The summed E-state index contributed by atoms with van der Waals surface area (Å²) in [5.41, 5.74) is 1.97. The summed E-state index contributed by atoms with van der Waals surface area (Å²) < 4.78 is 15.2. The number of β-amino-alcohol motifs (C(OH)–C–C–N with tert-alkyl or cyclic N) is 1. The van der Waals surface area contributed by atoms with Gasteiger partial charge in [-0.25, -0.2) is 4.39 Å². The van der Waals surface area contributed by atoms with E-state index in [1.54, 1.807) is 11.0 Å². The average molecular weight is 393 g/mol. The molecule has 4 rings (SSSR count). The number of hydrogen-bond donors (Lipinski definition) is 1. The van der Waals surface area contributed by atoms with E-state index in [-0.39, 0.29) is 17.4 Å². The number of fused-ring (bicyclic) bond motifs is 1. The van der Waals surface area contributed by atoms with Crippen molar-refractivity contribution in [1.82, 2.24) is 14.7 Å². The summed E-state index contributed by atoms with van der Waals surface area (Å²) in [5, 5.41) is 14.7. The first-order chi connectivity index (χ1) is 12.8. The highest BCUT2D eigenvalue weighted by Gasteiger charge is 2.34. The van der Waals surface area contributed by atoms with Crippen LogP contribution >= 0.6 is 11.6 Å². The van der Waals surface area contributed by atoms with Gasteiger partial charge in [0.25, 0.3) is 0 Å². The van der Waals surface area contributed by atoms with E-state index in [0.29, 0.717) is 38.2 Å². The van der Waals surface area contributed by atoms with Crippen molar-refractivity contribution in [1.29, 1.82) is 0 Å². The number of carbonyl (C=O) groups excluding carboxylic acids is 1. The Bertz CT molecular complexity index is 883. The van der Waals surface area contributed by atoms with Gasteiger partial charge in [0.05, 0.1) is 47.7 Å². The molecule has 8 heteroatoms. The van der Waals surface area contributed by atoms with Crippen molar-refractivity contribution in [3.8, 4) is 0 Å². The lowest BCUT2D eigenvalue weighted by atomic mass is 10.1. The van der Waals surface area contributed by atoms with E-state index in [1.165, 1.54) is 12.1 Å². The molecule has 1 aromatic carbocycles. The lowest BCUT2D eigenvalue weighted by Crippen LogP contribution is -2.40. The largest absolute Gasteiger partial charge is 0.388 e. The summed E-state index contributed by atoms with van der Waals surface area (Å²) in [6.45, 7) is 4.87. The maximum atomic E-state index is 13.3. The molecule has 3 heterocycles. The first-order valence-electron chi connectivity index (χ1n) is 9.06. The molecular formula is C19H22ClFN4O2. The molecule has 0 bridgehead atoms. The maximum absolute atomic E-state index is 13.3. The third-order valence-corrected chi connectivity index (χ3v) is 5.62. The Morgan fingerprint density at radius 1 is 1.37 bits per heavy atom. The molecule has 1 unspecified atom stereocenters. The summed E-state index contributed by atoms with van der Waals surface area (Å²) in [4.78, 5) is 16.7. The second-order valence-corrected chi connectivity index (χ2v) is 8.02. The van der Waals surface area contributed by atoms with Crippen LogP contribution in [0.5, 0.6) is 0 Å². The second-order valence-electron chi connectivity index (χ2n) is 7.61. The number of carbonyl (C=O) groups is 1. The molecule has 0 saturated carbocycles. The highest BCUT2D eigenvalue weighted by atomic mass is 35.5. The highest BCUT2D eigenvalue weighted by Crippen LogP contribution is 2.31. The van der Waals surface area contributed by atoms with E-state index in [1.807, 2.05) is 17.8 Å². The minimum atomic E-state index is -0.694. The van der Waals surface area contributed by atoms with Gasteiger partial charge in [-0.2, -0.15) is 5.10 Å². The number of nitrogens with zero attached hydrogens (tertiary/aromatic N) is 4. The van der Waals surface area contributed by atoms with Crippen LogP contribution in [0.4, 0.5) is 10.1 Å². The average Bonchev–Trinajstić information content (AvgIpc) is 3.20. The molecule has 1 amide bonds. The summed E-state index contributed by atoms with van der Waals surface area (Å²) >= 11 is 5.81. The van der Waals surface area contributed by atoms with Gasteiger partial charge in [-0.3, -0.25) is 9.48 Å². The van der Waals surface area contributed by atoms with Crippen molar-refractivity contribution in [2.45, 2.75) is 38.5 Å². The van der Waals surface area contributed by atoms with Gasteiger partial charge in [0.15, 0.2) is 0 Å². The SMILES string of the molecule is CC1(O)CCN(c2cnn3c2CN(C(=O)Cc2ccc(F)c(Cl)c2)CC3)C1. The Kier molecular flexibility index (Phi) is 4.60. The Balaban J connectivity index is 1.48. The van der Waals surface area contributed by atoms with Crippen LogP contribution in [0, 0.1) is 5.82 Å². The van der Waals surface area contributed by atoms with Crippen LogP contribution in [0.25, 0.3) is 0 Å². The molecule has 1 aromatic heterocycles. The molecule has 1 fully saturated rings. The number of anilines is 1. The van der Waals surface area contributed by atoms with Crippen LogP contribution in [-0.2, 0) is 24.3 Å². The molecule has 1 saturated heterocycles. The third kappa shape index (κ3) is 3.66. The number of aliphatic hydroxyl groups is 1. The zero-order valence-corrected chi connectivity index (χ0v) is 15.9. The van der Waals surface area contributed by atoms with Gasteiger partial charge < -0.3 is 14.9 Å². The maximum Gasteiger partial charge on any atom is 0.227 e. The lowest BCUT2D eigenvalue weighted by molar-refractivity contribution is -0.131. The van der Waals surface area contributed by atoms with Crippen molar-refractivity contribution < 1.29 is 14.3 Å². The molecule has 1 N–H and O–H groups in total. The van der Waals surface area contributed by atoms with E-state index in [4.69, 9.17) is 11.6 Å². The van der Waals surface area contributed by atoms with Crippen molar-refractivity contribution >= 4 is 23.2 Å². The van der Waals surface area contributed by atoms with E-state index < -0.39 is 11.4 Å². The Hall–Kier alpha value is -2.12. The summed E-state index contributed by atoms with van der Waals surface area (Å²) in [6.07, 6.45) is 2.72. The number of halogens is 2. The van der Waals surface area contributed by atoms with Crippen LogP contribution in [0.3, 0.4) is 0 Å². The fourth-order valence-corrected chi connectivity index (χ4v) is 4.00. The van der Waals surface area contributed by atoms with Gasteiger partial charge in [0, 0.05) is 19.6 Å². The van der Waals surface area contributed by atoms with Gasteiger partial charge in [0.2, 0.25) is 5.91 Å². The van der Waals surface area contributed by atoms with Gasteiger partial charge >= 0.3 is 0 Å². The van der Waals surface area contributed by atoms with E-state index in [9.17, 15) is 14.3 Å². The number of hydrogen-bond acceptors (Lipinski definition) is 4. The molecular weight excluding hydrogens is 371 g/mol. The first-order valence-corrected chi connectivity index (χ1v) is 9.44. The van der Waals surface area contributed by atoms with E-state index in [2.05, 4.69) is 10.00 Å². The van der Waals surface area contributed by atoms with E-state index in [0.717, 1.165) is 17.9 Å². The molecule has 0 radical (unpaired) electrons. The van der Waals surface area contributed by atoms with Crippen LogP contribution in [0.1, 0.15) is 24.6 Å². The van der Waals surface area contributed by atoms with Gasteiger partial charge in [0.1, 0.15) is 5.82 Å². The van der Waals surface area contributed by atoms with Crippen LogP contribution < -0.4 is 4.90 Å². The first kappa shape index (κ1) is 18.3. The molecule has 27 heavy (non-hydrogen) atoms. The zero-order chi connectivity index (χ0) is 19.2. The quantitative estimate of drug-likeness (QED) is 0.870. The minimum Gasteiger partial charge on any atom is -0.388 e.